The van der Waals surface area contributed by atoms with Gasteiger partial charge >= 0.3 is 11.9 Å². The normalized spacial score (nSPS) is 12.7. The Morgan fingerprint density at radius 2 is 1.85 bits per heavy atom. The topological polar surface area (TPSA) is 101 Å². The summed E-state index contributed by atoms with van der Waals surface area (Å²) in [4.78, 5) is 27.1. The zero-order valence-electron chi connectivity index (χ0n) is 14.4. The minimum Gasteiger partial charge on any atom is -0.516 e. The zero-order chi connectivity index (χ0) is 20.0. The Morgan fingerprint density at radius 1 is 1.27 bits per heavy atom. The third kappa shape index (κ3) is 6.07. The summed E-state index contributed by atoms with van der Waals surface area (Å²) in [5.41, 5.74) is 9.02. The van der Waals surface area contributed by atoms with Crippen molar-refractivity contribution in [1.82, 2.24) is 0 Å². The number of carbonyl (C=O) groups is 2. The highest BCUT2D eigenvalue weighted by molar-refractivity contribution is 6.75. The number of halogens is 3. The maximum absolute atomic E-state index is 12.6. The van der Waals surface area contributed by atoms with Crippen LogP contribution in [0.3, 0.4) is 0 Å². The van der Waals surface area contributed by atoms with E-state index in [-0.39, 0.29) is 11.1 Å². The van der Waals surface area contributed by atoms with E-state index in [1.165, 1.54) is 12.1 Å². The van der Waals surface area contributed by atoms with Gasteiger partial charge < -0.3 is 9.16 Å². The molecule has 0 N–H and O–H groups in total. The SMILES string of the molecule is CC[Si](C)(CC)OC(=O)c1ccccc1C(N=[N+]=[N-])OC(=O)C(Cl)(Cl)Cl. The van der Waals surface area contributed by atoms with Crippen molar-refractivity contribution in [1.29, 1.82) is 0 Å². The number of rotatable bonds is 7. The predicted molar refractivity (Wildman–Crippen MR) is 103 cm³/mol. The zero-order valence-corrected chi connectivity index (χ0v) is 17.7. The smallest absolute Gasteiger partial charge is 0.359 e. The standard InChI is InChI=1S/C15H18Cl3N3O4Si/c1-4-26(3,5-2)25-13(22)11-9-7-6-8-10(11)12(20-21-19)24-14(23)15(16,17)18/h6-9,12H,4-5H2,1-3H3. The van der Waals surface area contributed by atoms with E-state index in [1.54, 1.807) is 12.1 Å². The quantitative estimate of drug-likeness (QED) is 0.136. The molecule has 142 valence electrons. The average Bonchev–Trinajstić information content (AvgIpc) is 2.60. The molecule has 0 radical (unpaired) electrons. The lowest BCUT2D eigenvalue weighted by Gasteiger charge is -2.25. The third-order valence-corrected chi connectivity index (χ3v) is 8.02. The van der Waals surface area contributed by atoms with E-state index in [0.29, 0.717) is 0 Å². The highest BCUT2D eigenvalue weighted by Gasteiger charge is 2.36. The van der Waals surface area contributed by atoms with Gasteiger partial charge in [-0.3, -0.25) is 0 Å². The molecule has 1 aromatic rings. The molecular formula is C15H18Cl3N3O4Si. The lowest BCUT2D eigenvalue weighted by molar-refractivity contribution is -0.148. The molecule has 0 saturated carbocycles. The van der Waals surface area contributed by atoms with E-state index >= 15 is 0 Å². The number of carbonyl (C=O) groups excluding carboxylic acids is 2. The number of hydrogen-bond acceptors (Lipinski definition) is 5. The fourth-order valence-corrected chi connectivity index (χ4v) is 3.42. The first-order valence-electron chi connectivity index (χ1n) is 7.72. The van der Waals surface area contributed by atoms with Crippen molar-refractivity contribution >= 4 is 55.1 Å². The molecule has 11 heteroatoms. The highest BCUT2D eigenvalue weighted by atomic mass is 35.6. The van der Waals surface area contributed by atoms with Crippen molar-refractivity contribution in [2.24, 2.45) is 5.11 Å². The second-order valence-electron chi connectivity index (χ2n) is 5.59. The number of azide groups is 1. The van der Waals surface area contributed by atoms with Gasteiger partial charge in [0.2, 0.25) is 6.23 Å². The van der Waals surface area contributed by atoms with E-state index in [0.717, 1.165) is 12.1 Å². The first-order valence-corrected chi connectivity index (χ1v) is 11.7. The summed E-state index contributed by atoms with van der Waals surface area (Å²) < 4.78 is 8.32. The molecule has 26 heavy (non-hydrogen) atoms. The number of hydrogen-bond donors (Lipinski definition) is 0. The lowest BCUT2D eigenvalue weighted by atomic mass is 10.1. The predicted octanol–water partition coefficient (Wildman–Crippen LogP) is 5.68. The van der Waals surface area contributed by atoms with Crippen LogP contribution in [0, 0.1) is 0 Å². The summed E-state index contributed by atoms with van der Waals surface area (Å²) in [6, 6.07) is 7.66. The van der Waals surface area contributed by atoms with Gasteiger partial charge in [0.25, 0.3) is 12.1 Å². The first kappa shape index (κ1) is 22.6. The fraction of sp³-hybridized carbons (Fsp3) is 0.467. The van der Waals surface area contributed by atoms with Gasteiger partial charge in [-0.1, -0.05) is 66.8 Å². The summed E-state index contributed by atoms with van der Waals surface area (Å²) in [7, 11) is -2.21. The summed E-state index contributed by atoms with van der Waals surface area (Å²) >= 11 is 16.4. The highest BCUT2D eigenvalue weighted by Crippen LogP contribution is 2.32. The number of alkyl halides is 3. The molecule has 0 bridgehead atoms. The van der Waals surface area contributed by atoms with Gasteiger partial charge in [-0.15, -0.1) is 0 Å². The Kier molecular flexibility index (Phi) is 8.24. The second-order valence-corrected chi connectivity index (χ2v) is 12.4. The van der Waals surface area contributed by atoms with Crippen LogP contribution >= 0.6 is 34.8 Å². The van der Waals surface area contributed by atoms with Crippen molar-refractivity contribution in [3.8, 4) is 0 Å². The van der Waals surface area contributed by atoms with Crippen LogP contribution in [0.2, 0.25) is 18.6 Å². The minimum absolute atomic E-state index is 0.114. The molecular weight excluding hydrogens is 421 g/mol. The minimum atomic E-state index is -2.35. The molecule has 7 nitrogen and oxygen atoms in total. The summed E-state index contributed by atoms with van der Waals surface area (Å²) in [6.07, 6.45) is -1.48. The Labute approximate surface area is 167 Å². The summed E-state index contributed by atoms with van der Waals surface area (Å²) in [6.45, 7) is 5.86. The van der Waals surface area contributed by atoms with Crippen LogP contribution in [-0.2, 0) is 14.0 Å². The molecule has 0 aliphatic carbocycles. The number of nitrogens with zero attached hydrogens (tertiary/aromatic N) is 3. The number of ether oxygens (including phenoxy) is 1. The molecule has 1 aromatic carbocycles. The van der Waals surface area contributed by atoms with Gasteiger partial charge in [-0.25, -0.2) is 9.59 Å². The third-order valence-electron chi connectivity index (χ3n) is 3.89. The maximum atomic E-state index is 12.6. The van der Waals surface area contributed by atoms with Crippen molar-refractivity contribution in [3.05, 3.63) is 45.8 Å². The van der Waals surface area contributed by atoms with Gasteiger partial charge in [-0.2, -0.15) is 0 Å². The molecule has 0 spiro atoms. The van der Waals surface area contributed by atoms with Gasteiger partial charge in [0.1, 0.15) is 0 Å². The molecule has 0 heterocycles. The van der Waals surface area contributed by atoms with Crippen LogP contribution in [0.15, 0.2) is 29.4 Å². The molecule has 0 saturated heterocycles. The molecule has 0 aliphatic heterocycles. The lowest BCUT2D eigenvalue weighted by Crippen LogP contribution is -2.35. The molecule has 0 aliphatic rings. The van der Waals surface area contributed by atoms with Crippen LogP contribution < -0.4 is 0 Å². The van der Waals surface area contributed by atoms with Crippen LogP contribution in [-0.4, -0.2) is 24.0 Å². The molecule has 1 atom stereocenters. The van der Waals surface area contributed by atoms with E-state index in [9.17, 15) is 9.59 Å². The van der Waals surface area contributed by atoms with Crippen LogP contribution in [0.1, 0.15) is 36.0 Å². The van der Waals surface area contributed by atoms with Gasteiger partial charge in [-0.05, 0) is 35.3 Å². The molecule has 0 amide bonds. The van der Waals surface area contributed by atoms with Gasteiger partial charge in [0, 0.05) is 10.5 Å². The van der Waals surface area contributed by atoms with Gasteiger partial charge in [0.15, 0.2) is 0 Å². The van der Waals surface area contributed by atoms with Crippen LogP contribution in [0.4, 0.5) is 0 Å². The largest absolute Gasteiger partial charge is 0.516 e. The Bertz CT molecular complexity index is 716. The molecule has 1 rings (SSSR count). The van der Waals surface area contributed by atoms with E-state index in [2.05, 4.69) is 10.0 Å². The van der Waals surface area contributed by atoms with Crippen molar-refractivity contribution < 1.29 is 18.8 Å². The van der Waals surface area contributed by atoms with E-state index < -0.39 is 30.3 Å². The molecule has 0 aromatic heterocycles. The van der Waals surface area contributed by atoms with Crippen LogP contribution in [0.5, 0.6) is 0 Å². The van der Waals surface area contributed by atoms with Crippen molar-refractivity contribution in [2.75, 3.05) is 0 Å². The average molecular weight is 439 g/mol. The summed E-state index contributed by atoms with van der Waals surface area (Å²) in [5, 5.41) is 3.39. The van der Waals surface area contributed by atoms with Crippen molar-refractivity contribution in [3.63, 3.8) is 0 Å². The summed E-state index contributed by atoms with van der Waals surface area (Å²) in [5.74, 6) is -1.81. The number of esters is 1. The fourth-order valence-electron chi connectivity index (χ4n) is 1.94. The number of benzene rings is 1. The second kappa shape index (κ2) is 9.48. The first-order chi connectivity index (χ1) is 12.1. The van der Waals surface area contributed by atoms with E-state index in [4.69, 9.17) is 49.5 Å². The van der Waals surface area contributed by atoms with Crippen LogP contribution in [0.25, 0.3) is 10.4 Å². The Hall–Kier alpha value is -1.44. The van der Waals surface area contributed by atoms with Gasteiger partial charge in [0.05, 0.1) is 5.56 Å². The van der Waals surface area contributed by atoms with Crippen molar-refractivity contribution in [2.45, 2.75) is 42.5 Å². The Balaban J connectivity index is 3.25. The van der Waals surface area contributed by atoms with E-state index in [1.807, 2.05) is 20.4 Å². The Morgan fingerprint density at radius 3 is 2.35 bits per heavy atom. The molecule has 1 unspecified atom stereocenters. The monoisotopic (exact) mass is 437 g/mol. The maximum Gasteiger partial charge on any atom is 0.359 e. The molecule has 0 fully saturated rings.